The Kier molecular flexibility index (Phi) is 4.23. The summed E-state index contributed by atoms with van der Waals surface area (Å²) in [6, 6.07) is 16.5. The van der Waals surface area contributed by atoms with Crippen molar-refractivity contribution in [2.45, 2.75) is 32.9 Å². The van der Waals surface area contributed by atoms with Crippen molar-refractivity contribution in [2.24, 2.45) is 0 Å². The average molecular weight is 255 g/mol. The molecular formula is C17H21NO. The fourth-order valence-electron chi connectivity index (χ4n) is 2.32. The van der Waals surface area contributed by atoms with Crippen molar-refractivity contribution in [3.8, 4) is 5.75 Å². The Balaban J connectivity index is 2.10. The second-order valence-electron chi connectivity index (χ2n) is 5.08. The zero-order valence-corrected chi connectivity index (χ0v) is 11.7. The topological polar surface area (TPSA) is 32.3 Å². The van der Waals surface area contributed by atoms with Crippen LogP contribution in [0.3, 0.4) is 0 Å². The fraction of sp³-hybridized carbons (Fsp3) is 0.294. The maximum Gasteiger partial charge on any atom is 0.120 e. The highest BCUT2D eigenvalue weighted by atomic mass is 16.3. The second-order valence-corrected chi connectivity index (χ2v) is 5.08. The van der Waals surface area contributed by atoms with Crippen LogP contribution < -0.4 is 5.32 Å². The summed E-state index contributed by atoms with van der Waals surface area (Å²) >= 11 is 0. The summed E-state index contributed by atoms with van der Waals surface area (Å²) in [5.41, 5.74) is 3.26. The lowest BCUT2D eigenvalue weighted by molar-refractivity contribution is 0.438. The van der Waals surface area contributed by atoms with E-state index in [0.717, 1.165) is 11.1 Å². The standard InChI is InChI=1S/C17H21NO/c1-12-9-10-16(17(19)11-12)14(3)18-13(2)15-7-5-4-6-8-15/h4-11,13-14,18-19H,1-3H3/t13-,14?/m1/s1. The lowest BCUT2D eigenvalue weighted by Gasteiger charge is -2.21. The number of aryl methyl sites for hydroxylation is 1. The molecule has 100 valence electrons. The Morgan fingerprint density at radius 2 is 1.63 bits per heavy atom. The van der Waals surface area contributed by atoms with Crippen molar-refractivity contribution in [1.29, 1.82) is 0 Å². The highest BCUT2D eigenvalue weighted by molar-refractivity contribution is 5.38. The van der Waals surface area contributed by atoms with Gasteiger partial charge in [-0.15, -0.1) is 0 Å². The maximum absolute atomic E-state index is 10.0. The van der Waals surface area contributed by atoms with Gasteiger partial charge in [-0.3, -0.25) is 0 Å². The first-order valence-corrected chi connectivity index (χ1v) is 6.68. The van der Waals surface area contributed by atoms with Crippen molar-refractivity contribution in [1.82, 2.24) is 5.32 Å². The van der Waals surface area contributed by atoms with Gasteiger partial charge in [0.25, 0.3) is 0 Å². The third kappa shape index (κ3) is 3.36. The SMILES string of the molecule is Cc1ccc(C(C)N[C@H](C)c2ccccc2)c(O)c1. The first-order chi connectivity index (χ1) is 9.08. The molecule has 0 radical (unpaired) electrons. The Bertz CT molecular complexity index is 536. The van der Waals surface area contributed by atoms with Gasteiger partial charge in [0.2, 0.25) is 0 Å². The molecule has 19 heavy (non-hydrogen) atoms. The molecule has 0 amide bonds. The van der Waals surface area contributed by atoms with Gasteiger partial charge >= 0.3 is 0 Å². The number of aromatic hydroxyl groups is 1. The minimum absolute atomic E-state index is 0.107. The van der Waals surface area contributed by atoms with E-state index in [1.165, 1.54) is 5.56 Å². The number of benzene rings is 2. The maximum atomic E-state index is 10.0. The van der Waals surface area contributed by atoms with Crippen LogP contribution in [-0.4, -0.2) is 5.11 Å². The van der Waals surface area contributed by atoms with Crippen LogP contribution >= 0.6 is 0 Å². The smallest absolute Gasteiger partial charge is 0.120 e. The first kappa shape index (κ1) is 13.6. The lowest BCUT2D eigenvalue weighted by atomic mass is 10.0. The largest absolute Gasteiger partial charge is 0.508 e. The van der Waals surface area contributed by atoms with Crippen molar-refractivity contribution >= 4 is 0 Å². The van der Waals surface area contributed by atoms with Crippen molar-refractivity contribution < 1.29 is 5.11 Å². The van der Waals surface area contributed by atoms with Gasteiger partial charge in [0.15, 0.2) is 0 Å². The van der Waals surface area contributed by atoms with Gasteiger partial charge in [0.1, 0.15) is 5.75 Å². The summed E-state index contributed by atoms with van der Waals surface area (Å²) in [4.78, 5) is 0. The van der Waals surface area contributed by atoms with E-state index in [9.17, 15) is 5.11 Å². The summed E-state index contributed by atoms with van der Waals surface area (Å²) in [6.07, 6.45) is 0. The fourth-order valence-corrected chi connectivity index (χ4v) is 2.32. The summed E-state index contributed by atoms with van der Waals surface area (Å²) in [7, 11) is 0. The molecule has 2 atom stereocenters. The number of hydrogen-bond donors (Lipinski definition) is 2. The van der Waals surface area contributed by atoms with Crippen LogP contribution in [0.1, 0.15) is 42.6 Å². The van der Waals surface area contributed by atoms with Crippen molar-refractivity contribution in [3.63, 3.8) is 0 Å². The molecule has 0 heterocycles. The van der Waals surface area contributed by atoms with Gasteiger partial charge < -0.3 is 10.4 Å². The molecule has 0 aliphatic rings. The number of phenols is 1. The summed E-state index contributed by atoms with van der Waals surface area (Å²) < 4.78 is 0. The summed E-state index contributed by atoms with van der Waals surface area (Å²) in [6.45, 7) is 6.19. The molecule has 0 spiro atoms. The van der Waals surface area contributed by atoms with Crippen LogP contribution in [-0.2, 0) is 0 Å². The molecule has 2 rings (SSSR count). The van der Waals surface area contributed by atoms with E-state index in [1.807, 2.05) is 37.3 Å². The third-order valence-electron chi connectivity index (χ3n) is 3.45. The third-order valence-corrected chi connectivity index (χ3v) is 3.45. The van der Waals surface area contributed by atoms with E-state index in [1.54, 1.807) is 6.07 Å². The van der Waals surface area contributed by atoms with E-state index in [-0.39, 0.29) is 12.1 Å². The van der Waals surface area contributed by atoms with Gasteiger partial charge in [-0.25, -0.2) is 0 Å². The molecule has 0 aromatic heterocycles. The van der Waals surface area contributed by atoms with Crippen LogP contribution in [0.15, 0.2) is 48.5 Å². The molecule has 0 aliphatic carbocycles. The monoisotopic (exact) mass is 255 g/mol. The van der Waals surface area contributed by atoms with Crippen LogP contribution in [0.4, 0.5) is 0 Å². The highest BCUT2D eigenvalue weighted by Crippen LogP contribution is 2.27. The number of nitrogens with one attached hydrogen (secondary N) is 1. The second kappa shape index (κ2) is 5.89. The van der Waals surface area contributed by atoms with E-state index >= 15 is 0 Å². The Morgan fingerprint density at radius 3 is 2.26 bits per heavy atom. The molecule has 2 N–H and O–H groups in total. The molecule has 2 aromatic carbocycles. The van der Waals surface area contributed by atoms with Crippen molar-refractivity contribution in [2.75, 3.05) is 0 Å². The number of phenolic OH excluding ortho intramolecular Hbond substituents is 1. The molecule has 1 unspecified atom stereocenters. The summed E-state index contributed by atoms with van der Waals surface area (Å²) in [5.74, 6) is 0.361. The van der Waals surface area contributed by atoms with Gasteiger partial charge in [0, 0.05) is 17.6 Å². The van der Waals surface area contributed by atoms with Crippen molar-refractivity contribution in [3.05, 3.63) is 65.2 Å². The molecule has 0 saturated heterocycles. The molecule has 2 aromatic rings. The highest BCUT2D eigenvalue weighted by Gasteiger charge is 2.13. The normalized spacial score (nSPS) is 14.1. The summed E-state index contributed by atoms with van der Waals surface area (Å²) in [5, 5.41) is 13.5. The Labute approximate surface area is 115 Å². The molecular weight excluding hydrogens is 234 g/mol. The number of rotatable bonds is 4. The van der Waals surface area contributed by atoms with Crippen LogP contribution in [0, 0.1) is 6.92 Å². The molecule has 0 bridgehead atoms. The minimum atomic E-state index is 0.107. The predicted molar refractivity (Wildman–Crippen MR) is 79.3 cm³/mol. The molecule has 0 saturated carbocycles. The van der Waals surface area contributed by atoms with Crippen LogP contribution in [0.2, 0.25) is 0 Å². The zero-order valence-electron chi connectivity index (χ0n) is 11.7. The molecule has 0 fully saturated rings. The quantitative estimate of drug-likeness (QED) is 0.861. The molecule has 0 aliphatic heterocycles. The Morgan fingerprint density at radius 1 is 0.947 bits per heavy atom. The van der Waals surface area contributed by atoms with E-state index < -0.39 is 0 Å². The average Bonchev–Trinajstić information content (AvgIpc) is 2.39. The molecule has 2 heteroatoms. The van der Waals surface area contributed by atoms with E-state index in [4.69, 9.17) is 0 Å². The predicted octanol–water partition coefficient (Wildman–Crippen LogP) is 4.11. The molecule has 2 nitrogen and oxygen atoms in total. The van der Waals surface area contributed by atoms with Crippen LogP contribution in [0.5, 0.6) is 5.75 Å². The van der Waals surface area contributed by atoms with Gasteiger partial charge in [-0.05, 0) is 38.0 Å². The van der Waals surface area contributed by atoms with Gasteiger partial charge in [-0.2, -0.15) is 0 Å². The van der Waals surface area contributed by atoms with E-state index in [0.29, 0.717) is 5.75 Å². The first-order valence-electron chi connectivity index (χ1n) is 6.68. The van der Waals surface area contributed by atoms with E-state index in [2.05, 4.69) is 31.3 Å². The zero-order chi connectivity index (χ0) is 13.8. The Hall–Kier alpha value is -1.80. The van der Waals surface area contributed by atoms with Gasteiger partial charge in [-0.1, -0.05) is 42.5 Å². The minimum Gasteiger partial charge on any atom is -0.508 e. The lowest BCUT2D eigenvalue weighted by Crippen LogP contribution is -2.22. The number of hydrogen-bond acceptors (Lipinski definition) is 2. The van der Waals surface area contributed by atoms with Crippen LogP contribution in [0.25, 0.3) is 0 Å². The van der Waals surface area contributed by atoms with Gasteiger partial charge in [0.05, 0.1) is 0 Å².